The Hall–Kier alpha value is -3.60. The molecular formula is C23H27N5O5S. The highest BCUT2D eigenvalue weighted by atomic mass is 32.2. The molecule has 0 aliphatic heterocycles. The minimum absolute atomic E-state index is 0.0188. The Kier molecular flexibility index (Phi) is 8.47. The molecule has 10 nitrogen and oxygen atoms in total. The van der Waals surface area contributed by atoms with Gasteiger partial charge in [0.1, 0.15) is 6.61 Å². The van der Waals surface area contributed by atoms with Crippen LogP contribution in [-0.2, 0) is 17.9 Å². The van der Waals surface area contributed by atoms with Gasteiger partial charge < -0.3 is 19.4 Å². The van der Waals surface area contributed by atoms with Crippen molar-refractivity contribution >= 4 is 29.0 Å². The van der Waals surface area contributed by atoms with Gasteiger partial charge in [0.05, 0.1) is 17.3 Å². The van der Waals surface area contributed by atoms with Crippen LogP contribution in [0.5, 0.6) is 11.5 Å². The zero-order valence-electron chi connectivity index (χ0n) is 19.5. The Balaban J connectivity index is 1.61. The molecule has 0 unspecified atom stereocenters. The highest BCUT2D eigenvalue weighted by molar-refractivity contribution is 7.99. The minimum Gasteiger partial charge on any atom is -0.490 e. The third-order valence-corrected chi connectivity index (χ3v) is 5.86. The molecule has 0 aliphatic carbocycles. The molecular weight excluding hydrogens is 458 g/mol. The Morgan fingerprint density at radius 1 is 1.12 bits per heavy atom. The van der Waals surface area contributed by atoms with Crippen molar-refractivity contribution in [3.8, 4) is 11.5 Å². The second kappa shape index (κ2) is 11.5. The lowest BCUT2D eigenvalue weighted by atomic mass is 10.2. The van der Waals surface area contributed by atoms with E-state index in [1.165, 1.54) is 30.0 Å². The van der Waals surface area contributed by atoms with E-state index in [0.717, 1.165) is 5.56 Å². The van der Waals surface area contributed by atoms with E-state index in [9.17, 15) is 14.9 Å². The molecule has 0 saturated carbocycles. The van der Waals surface area contributed by atoms with Gasteiger partial charge in [0, 0.05) is 24.4 Å². The van der Waals surface area contributed by atoms with Crippen LogP contribution >= 0.6 is 11.8 Å². The standard InChI is InChI=1S/C23H27N5O5S/c1-5-27-21(13-33-19-10-7-15(3)11-20(19)32-6-2)25-26-23(27)34-14-22(29)24-18-9-8-17(28(30)31)12-16(18)4/h7-12H,5-6,13-14H2,1-4H3,(H,24,29). The summed E-state index contributed by atoms with van der Waals surface area (Å²) in [5, 5.41) is 22.7. The molecule has 3 aromatic rings. The molecule has 3 rings (SSSR count). The number of nitro groups is 1. The molecule has 34 heavy (non-hydrogen) atoms. The lowest BCUT2D eigenvalue weighted by molar-refractivity contribution is -0.384. The van der Waals surface area contributed by atoms with Gasteiger partial charge in [-0.25, -0.2) is 0 Å². The van der Waals surface area contributed by atoms with Crippen LogP contribution in [0.3, 0.4) is 0 Å². The molecule has 1 heterocycles. The van der Waals surface area contributed by atoms with Gasteiger partial charge in [0.25, 0.3) is 5.69 Å². The van der Waals surface area contributed by atoms with Crippen molar-refractivity contribution in [3.63, 3.8) is 0 Å². The van der Waals surface area contributed by atoms with Crippen molar-refractivity contribution < 1.29 is 19.2 Å². The van der Waals surface area contributed by atoms with Crippen molar-refractivity contribution in [2.75, 3.05) is 17.7 Å². The normalized spacial score (nSPS) is 10.7. The van der Waals surface area contributed by atoms with Gasteiger partial charge in [0.2, 0.25) is 5.91 Å². The van der Waals surface area contributed by atoms with E-state index in [1.807, 2.05) is 43.5 Å². The number of carbonyl (C=O) groups excluding carboxylic acids is 1. The van der Waals surface area contributed by atoms with Gasteiger partial charge in [-0.2, -0.15) is 0 Å². The van der Waals surface area contributed by atoms with Crippen LogP contribution in [0.25, 0.3) is 0 Å². The summed E-state index contributed by atoms with van der Waals surface area (Å²) in [6.07, 6.45) is 0. The van der Waals surface area contributed by atoms with Crippen LogP contribution < -0.4 is 14.8 Å². The molecule has 0 fully saturated rings. The van der Waals surface area contributed by atoms with Crippen molar-refractivity contribution in [3.05, 3.63) is 63.5 Å². The molecule has 2 aromatic carbocycles. The Morgan fingerprint density at radius 3 is 2.59 bits per heavy atom. The Bertz CT molecular complexity index is 1180. The first-order valence-corrected chi connectivity index (χ1v) is 11.8. The van der Waals surface area contributed by atoms with Crippen LogP contribution in [0, 0.1) is 24.0 Å². The zero-order valence-corrected chi connectivity index (χ0v) is 20.3. The minimum atomic E-state index is -0.468. The van der Waals surface area contributed by atoms with Gasteiger partial charge >= 0.3 is 0 Å². The molecule has 11 heteroatoms. The molecule has 1 aromatic heterocycles. The summed E-state index contributed by atoms with van der Waals surface area (Å²) >= 11 is 1.26. The number of rotatable bonds is 11. The van der Waals surface area contributed by atoms with Gasteiger partial charge in [-0.1, -0.05) is 17.8 Å². The number of hydrogen-bond donors (Lipinski definition) is 1. The maximum Gasteiger partial charge on any atom is 0.269 e. The molecule has 1 N–H and O–H groups in total. The van der Waals surface area contributed by atoms with E-state index in [4.69, 9.17) is 9.47 Å². The number of aromatic nitrogens is 3. The zero-order chi connectivity index (χ0) is 24.7. The Labute approximate surface area is 201 Å². The van der Waals surface area contributed by atoms with Crippen molar-refractivity contribution in [2.24, 2.45) is 0 Å². The predicted octanol–water partition coefficient (Wildman–Crippen LogP) is 4.53. The molecule has 0 spiro atoms. The van der Waals surface area contributed by atoms with Crippen LogP contribution in [0.15, 0.2) is 41.6 Å². The van der Waals surface area contributed by atoms with E-state index in [0.29, 0.717) is 46.9 Å². The fraction of sp³-hybridized carbons (Fsp3) is 0.348. The molecule has 0 bridgehead atoms. The molecule has 1 amide bonds. The van der Waals surface area contributed by atoms with E-state index < -0.39 is 4.92 Å². The highest BCUT2D eigenvalue weighted by Crippen LogP contribution is 2.29. The first-order valence-electron chi connectivity index (χ1n) is 10.8. The van der Waals surface area contributed by atoms with Gasteiger partial charge in [0.15, 0.2) is 22.5 Å². The number of benzene rings is 2. The predicted molar refractivity (Wildman–Crippen MR) is 130 cm³/mol. The number of amides is 1. The Morgan fingerprint density at radius 2 is 1.91 bits per heavy atom. The molecule has 0 aliphatic rings. The van der Waals surface area contributed by atoms with Crippen LogP contribution in [0.2, 0.25) is 0 Å². The second-order valence-corrected chi connectivity index (χ2v) is 8.35. The number of carbonyl (C=O) groups is 1. The number of hydrogen-bond acceptors (Lipinski definition) is 8. The maximum atomic E-state index is 12.4. The highest BCUT2D eigenvalue weighted by Gasteiger charge is 2.16. The number of aryl methyl sites for hydroxylation is 2. The van der Waals surface area contributed by atoms with E-state index in [-0.39, 0.29) is 24.0 Å². The van der Waals surface area contributed by atoms with Crippen LogP contribution in [0.1, 0.15) is 30.8 Å². The summed E-state index contributed by atoms with van der Waals surface area (Å²) in [7, 11) is 0. The van der Waals surface area contributed by atoms with Gasteiger partial charge in [-0.3, -0.25) is 14.9 Å². The summed E-state index contributed by atoms with van der Waals surface area (Å²) in [5.41, 5.74) is 2.21. The van der Waals surface area contributed by atoms with Gasteiger partial charge in [-0.15, -0.1) is 10.2 Å². The number of nitrogens with one attached hydrogen (secondary N) is 1. The summed E-state index contributed by atoms with van der Waals surface area (Å²) in [5.74, 6) is 1.82. The average Bonchev–Trinajstić information content (AvgIpc) is 3.20. The monoisotopic (exact) mass is 485 g/mol. The van der Waals surface area contributed by atoms with Crippen LogP contribution in [0.4, 0.5) is 11.4 Å². The summed E-state index contributed by atoms with van der Waals surface area (Å²) in [6, 6.07) is 10.1. The van der Waals surface area contributed by atoms with Crippen molar-refractivity contribution in [2.45, 2.75) is 46.0 Å². The number of anilines is 1. The molecule has 0 radical (unpaired) electrons. The van der Waals surface area contributed by atoms with E-state index >= 15 is 0 Å². The number of ether oxygens (including phenoxy) is 2. The fourth-order valence-corrected chi connectivity index (χ4v) is 4.03. The number of nitro benzene ring substituents is 1. The lowest BCUT2D eigenvalue weighted by Gasteiger charge is -2.13. The topological polar surface area (TPSA) is 121 Å². The van der Waals surface area contributed by atoms with Gasteiger partial charge in [-0.05, 0) is 57.0 Å². The summed E-state index contributed by atoms with van der Waals surface area (Å²) < 4.78 is 13.5. The number of thioether (sulfide) groups is 1. The fourth-order valence-electron chi connectivity index (χ4n) is 3.21. The number of non-ortho nitro benzene ring substituents is 1. The summed E-state index contributed by atoms with van der Waals surface area (Å²) in [6.45, 7) is 8.94. The van der Waals surface area contributed by atoms with Crippen molar-refractivity contribution in [1.29, 1.82) is 0 Å². The maximum absolute atomic E-state index is 12.4. The van der Waals surface area contributed by atoms with Crippen molar-refractivity contribution in [1.82, 2.24) is 14.8 Å². The second-order valence-electron chi connectivity index (χ2n) is 7.41. The third-order valence-electron chi connectivity index (χ3n) is 4.89. The smallest absolute Gasteiger partial charge is 0.269 e. The SMILES string of the molecule is CCOc1cc(C)ccc1OCc1nnc(SCC(=O)Nc2ccc([N+](=O)[O-])cc2C)n1CC. The first kappa shape index (κ1) is 25.0. The molecule has 0 saturated heterocycles. The summed E-state index contributed by atoms with van der Waals surface area (Å²) in [4.78, 5) is 22.8. The number of nitrogens with zero attached hydrogens (tertiary/aromatic N) is 4. The average molecular weight is 486 g/mol. The van der Waals surface area contributed by atoms with Crippen LogP contribution in [-0.4, -0.2) is 38.0 Å². The lowest BCUT2D eigenvalue weighted by Crippen LogP contribution is -2.15. The molecule has 180 valence electrons. The quantitative estimate of drug-likeness (QED) is 0.239. The van der Waals surface area contributed by atoms with E-state index in [2.05, 4.69) is 15.5 Å². The largest absolute Gasteiger partial charge is 0.490 e. The molecule has 0 atom stereocenters. The van der Waals surface area contributed by atoms with E-state index in [1.54, 1.807) is 6.92 Å². The first-order chi connectivity index (χ1) is 16.3. The third kappa shape index (κ3) is 6.25.